The second kappa shape index (κ2) is 1.98. The molecule has 0 amide bonds. The van der Waals surface area contributed by atoms with Crippen molar-refractivity contribution in [2.24, 2.45) is 0 Å². The lowest BCUT2D eigenvalue weighted by Crippen LogP contribution is -2.26. The first-order valence-corrected chi connectivity index (χ1v) is 4.06. The van der Waals surface area contributed by atoms with Gasteiger partial charge < -0.3 is 0 Å². The Morgan fingerprint density at radius 3 is 2.92 bits per heavy atom. The van der Waals surface area contributed by atoms with Gasteiger partial charge in [-0.05, 0) is 39.8 Å². The van der Waals surface area contributed by atoms with Crippen LogP contribution in [0.1, 0.15) is 11.1 Å². The van der Waals surface area contributed by atoms with Crippen LogP contribution in [0.5, 0.6) is 0 Å². The predicted octanol–water partition coefficient (Wildman–Crippen LogP) is 1.10. The molecule has 0 bridgehead atoms. The average molecular weight is 151 g/mol. The third-order valence-corrected chi connectivity index (χ3v) is 2.36. The molecule has 0 saturated heterocycles. The monoisotopic (exact) mass is 151 g/mol. The Kier molecular flexibility index (Phi) is 0.991. The van der Waals surface area contributed by atoms with Gasteiger partial charge in [-0.3, -0.25) is 0 Å². The summed E-state index contributed by atoms with van der Waals surface area (Å²) in [6.07, 6.45) is 13.6. The number of hydrogen-bond donors (Lipinski definition) is 0. The molecule has 0 unspecified atom stereocenters. The van der Waals surface area contributed by atoms with E-state index in [0.717, 1.165) is 0 Å². The molecule has 0 atom stereocenters. The Labute approximate surface area is 70.9 Å². The van der Waals surface area contributed by atoms with E-state index in [0.29, 0.717) is 0 Å². The van der Waals surface area contributed by atoms with Crippen LogP contribution >= 0.6 is 0 Å². The number of fused-ring (bicyclic) bond motifs is 3. The lowest BCUT2D eigenvalue weighted by molar-refractivity contribution is 1.49. The molecule has 12 heavy (non-hydrogen) atoms. The van der Waals surface area contributed by atoms with Crippen LogP contribution in [0.3, 0.4) is 0 Å². The van der Waals surface area contributed by atoms with Gasteiger partial charge in [-0.2, -0.15) is 0 Å². The predicted molar refractivity (Wildman–Crippen MR) is 51.4 cm³/mol. The van der Waals surface area contributed by atoms with Gasteiger partial charge in [-0.25, -0.2) is 0 Å². The number of hydrogen-bond acceptors (Lipinski definition) is 0. The molecule has 0 spiro atoms. The highest BCUT2D eigenvalue weighted by molar-refractivity contribution is 5.72. The van der Waals surface area contributed by atoms with Crippen LogP contribution in [-0.2, 0) is 0 Å². The Morgan fingerprint density at radius 1 is 1.00 bits per heavy atom. The molecule has 1 aromatic rings. The second-order valence-electron chi connectivity index (χ2n) is 3.05. The fraction of sp³-hybridized carbons (Fsp3) is 0. The van der Waals surface area contributed by atoms with Crippen LogP contribution in [0.25, 0.3) is 24.3 Å². The molecule has 1 aromatic carbocycles. The molecule has 2 aliphatic carbocycles. The van der Waals surface area contributed by atoms with Crippen LogP contribution in [0.4, 0.5) is 0 Å². The molecule has 0 heterocycles. The van der Waals surface area contributed by atoms with Crippen molar-refractivity contribution in [1.29, 1.82) is 0 Å². The molecule has 55 valence electrons. The standard InChI is InChI=1S/C12H7/c1-3-9-7-8-10-4-2-6-12(10)11(9)5-1/h1,3-8H. The zero-order chi connectivity index (χ0) is 7.97. The summed E-state index contributed by atoms with van der Waals surface area (Å²) in [6.45, 7) is 0. The first kappa shape index (κ1) is 6.01. The zero-order valence-corrected chi connectivity index (χ0v) is 6.54. The normalized spacial score (nSPS) is 15.3. The highest BCUT2D eigenvalue weighted by Crippen LogP contribution is 2.05. The Hall–Kier alpha value is -1.56. The van der Waals surface area contributed by atoms with Crippen molar-refractivity contribution in [1.82, 2.24) is 0 Å². The van der Waals surface area contributed by atoms with E-state index >= 15 is 0 Å². The molecule has 0 nitrogen and oxygen atoms in total. The van der Waals surface area contributed by atoms with Gasteiger partial charge in [0.1, 0.15) is 0 Å². The minimum Gasteiger partial charge on any atom is -0.0610 e. The van der Waals surface area contributed by atoms with Gasteiger partial charge in [0.25, 0.3) is 0 Å². The lowest BCUT2D eigenvalue weighted by atomic mass is 10.1. The maximum absolute atomic E-state index is 3.12. The SMILES string of the molecule is [C]1=Cc2ccc3c(c2=C1)=CC=C3. The summed E-state index contributed by atoms with van der Waals surface area (Å²) >= 11 is 0. The van der Waals surface area contributed by atoms with E-state index in [4.69, 9.17) is 0 Å². The highest BCUT2D eigenvalue weighted by atomic mass is 14.1. The molecule has 0 N–H and O–H groups in total. The van der Waals surface area contributed by atoms with Crippen LogP contribution in [-0.4, -0.2) is 0 Å². The summed E-state index contributed by atoms with van der Waals surface area (Å²) in [6, 6.07) is 4.31. The molecule has 0 aliphatic heterocycles. The van der Waals surface area contributed by atoms with Crippen molar-refractivity contribution in [3.63, 3.8) is 0 Å². The van der Waals surface area contributed by atoms with Crippen molar-refractivity contribution >= 4 is 24.3 Å². The Morgan fingerprint density at radius 2 is 1.92 bits per heavy atom. The first-order valence-electron chi connectivity index (χ1n) is 4.06. The van der Waals surface area contributed by atoms with Gasteiger partial charge in [-0.15, -0.1) is 0 Å². The fourth-order valence-electron chi connectivity index (χ4n) is 1.75. The molecule has 3 rings (SSSR count). The van der Waals surface area contributed by atoms with Gasteiger partial charge in [0.05, 0.1) is 0 Å². The van der Waals surface area contributed by atoms with E-state index in [1.165, 1.54) is 21.6 Å². The van der Waals surface area contributed by atoms with Gasteiger partial charge in [0, 0.05) is 0 Å². The molecule has 0 aromatic heterocycles. The minimum absolute atomic E-state index is 1.29. The van der Waals surface area contributed by atoms with Gasteiger partial charge in [0.2, 0.25) is 0 Å². The Balaban J connectivity index is 2.58. The van der Waals surface area contributed by atoms with Crippen molar-refractivity contribution in [3.8, 4) is 0 Å². The Bertz CT molecular complexity index is 465. The van der Waals surface area contributed by atoms with E-state index in [9.17, 15) is 0 Å². The molecule has 0 fully saturated rings. The number of benzene rings is 1. The summed E-state index contributed by atoms with van der Waals surface area (Å²) in [5.41, 5.74) is 2.61. The number of rotatable bonds is 0. The molecule has 0 saturated carbocycles. The molecular formula is C12H7. The van der Waals surface area contributed by atoms with E-state index in [1.54, 1.807) is 0 Å². The number of allylic oxidation sites excluding steroid dienone is 2. The minimum atomic E-state index is 1.29. The first-order chi connectivity index (χ1) is 5.95. The molecule has 0 heteroatoms. The third-order valence-electron chi connectivity index (χ3n) is 2.36. The maximum Gasteiger partial charge on any atom is -0.00990 e. The summed E-state index contributed by atoms with van der Waals surface area (Å²) in [7, 11) is 0. The van der Waals surface area contributed by atoms with E-state index in [-0.39, 0.29) is 0 Å². The van der Waals surface area contributed by atoms with Gasteiger partial charge >= 0.3 is 0 Å². The summed E-state index contributed by atoms with van der Waals surface area (Å²) in [4.78, 5) is 0. The lowest BCUT2D eigenvalue weighted by Gasteiger charge is -1.94. The van der Waals surface area contributed by atoms with E-state index in [2.05, 4.69) is 42.5 Å². The maximum atomic E-state index is 3.12. The third kappa shape index (κ3) is 0.620. The van der Waals surface area contributed by atoms with Crippen molar-refractivity contribution < 1.29 is 0 Å². The summed E-state index contributed by atoms with van der Waals surface area (Å²) < 4.78 is 0. The zero-order valence-electron chi connectivity index (χ0n) is 6.54. The quantitative estimate of drug-likeness (QED) is 0.521. The smallest absolute Gasteiger partial charge is 0.00990 e. The second-order valence-corrected chi connectivity index (χ2v) is 3.05. The van der Waals surface area contributed by atoms with E-state index in [1.807, 2.05) is 6.08 Å². The average Bonchev–Trinajstić information content (AvgIpc) is 2.71. The van der Waals surface area contributed by atoms with E-state index < -0.39 is 0 Å². The fourth-order valence-corrected chi connectivity index (χ4v) is 1.75. The highest BCUT2D eigenvalue weighted by Gasteiger charge is 2.02. The summed E-state index contributed by atoms with van der Waals surface area (Å²) in [5.74, 6) is 0. The largest absolute Gasteiger partial charge is 0.0610 e. The topological polar surface area (TPSA) is 0 Å². The van der Waals surface area contributed by atoms with Crippen molar-refractivity contribution in [3.05, 3.63) is 45.8 Å². The molecule has 2 aliphatic rings. The van der Waals surface area contributed by atoms with Crippen LogP contribution in [0.2, 0.25) is 0 Å². The van der Waals surface area contributed by atoms with Crippen molar-refractivity contribution in [2.75, 3.05) is 0 Å². The van der Waals surface area contributed by atoms with Crippen molar-refractivity contribution in [2.45, 2.75) is 0 Å². The van der Waals surface area contributed by atoms with Crippen LogP contribution in [0, 0.1) is 6.08 Å². The summed E-state index contributed by atoms with van der Waals surface area (Å²) in [5, 5.41) is 2.66. The molecule has 1 radical (unpaired) electrons. The van der Waals surface area contributed by atoms with Gasteiger partial charge in [-0.1, -0.05) is 30.4 Å². The van der Waals surface area contributed by atoms with Crippen LogP contribution < -0.4 is 10.4 Å². The van der Waals surface area contributed by atoms with Crippen LogP contribution in [0.15, 0.2) is 18.2 Å². The van der Waals surface area contributed by atoms with Gasteiger partial charge in [0.15, 0.2) is 0 Å². The molecular weight excluding hydrogens is 144 g/mol.